The van der Waals surface area contributed by atoms with Crippen LogP contribution >= 0.6 is 11.6 Å². The summed E-state index contributed by atoms with van der Waals surface area (Å²) in [5.74, 6) is 0.412. The lowest BCUT2D eigenvalue weighted by Gasteiger charge is -2.16. The number of halogens is 2. The van der Waals surface area contributed by atoms with Crippen molar-refractivity contribution < 1.29 is 4.39 Å². The van der Waals surface area contributed by atoms with Gasteiger partial charge < -0.3 is 5.32 Å². The summed E-state index contributed by atoms with van der Waals surface area (Å²) in [6.07, 6.45) is 0. The van der Waals surface area contributed by atoms with Crippen molar-refractivity contribution in [3.63, 3.8) is 0 Å². The van der Waals surface area contributed by atoms with Gasteiger partial charge in [-0.25, -0.2) is 4.39 Å². The molecule has 0 amide bonds. The van der Waals surface area contributed by atoms with Crippen LogP contribution in [0.15, 0.2) is 48.5 Å². The van der Waals surface area contributed by atoms with Gasteiger partial charge in [-0.05, 0) is 24.6 Å². The van der Waals surface area contributed by atoms with E-state index in [1.54, 1.807) is 12.1 Å². The molecule has 3 nitrogen and oxygen atoms in total. The number of aromatic nitrogens is 2. The average molecular weight is 302 g/mol. The van der Waals surface area contributed by atoms with E-state index in [1.165, 1.54) is 12.1 Å². The van der Waals surface area contributed by atoms with Crippen molar-refractivity contribution in [2.45, 2.75) is 13.0 Å². The number of benzene rings is 2. The van der Waals surface area contributed by atoms with E-state index in [2.05, 4.69) is 15.5 Å². The molecule has 0 aliphatic rings. The van der Waals surface area contributed by atoms with Crippen molar-refractivity contribution in [3.8, 4) is 0 Å². The van der Waals surface area contributed by atoms with E-state index in [0.717, 1.165) is 16.3 Å². The zero-order valence-electron chi connectivity index (χ0n) is 11.3. The average Bonchev–Trinajstić information content (AvgIpc) is 2.51. The number of nitrogens with zero attached hydrogens (tertiary/aromatic N) is 2. The highest BCUT2D eigenvalue weighted by Crippen LogP contribution is 2.28. The van der Waals surface area contributed by atoms with E-state index >= 15 is 0 Å². The number of rotatable bonds is 3. The molecular formula is C16H13ClFN3. The van der Waals surface area contributed by atoms with Crippen LogP contribution in [0.5, 0.6) is 0 Å². The molecule has 3 rings (SSSR count). The molecule has 1 atom stereocenters. The van der Waals surface area contributed by atoms with Gasteiger partial charge in [0.15, 0.2) is 11.0 Å². The topological polar surface area (TPSA) is 37.8 Å². The molecule has 106 valence electrons. The molecule has 1 N–H and O–H groups in total. The molecule has 2 aromatic carbocycles. The van der Waals surface area contributed by atoms with Crippen LogP contribution in [-0.4, -0.2) is 10.2 Å². The first-order chi connectivity index (χ1) is 10.1. The Bertz CT molecular complexity index is 774. The van der Waals surface area contributed by atoms with Gasteiger partial charge in [-0.2, -0.15) is 0 Å². The summed E-state index contributed by atoms with van der Waals surface area (Å²) in [4.78, 5) is 0. The predicted molar refractivity (Wildman–Crippen MR) is 83.0 cm³/mol. The number of fused-ring (bicyclic) bond motifs is 1. The summed E-state index contributed by atoms with van der Waals surface area (Å²) >= 11 is 6.06. The number of hydrogen-bond donors (Lipinski definition) is 1. The third kappa shape index (κ3) is 2.81. The SMILES string of the molecule is C[C@H](Nc1nnc(Cl)c2ccccc12)c1ccc(F)cc1. The van der Waals surface area contributed by atoms with E-state index in [0.29, 0.717) is 11.0 Å². The normalized spacial score (nSPS) is 12.3. The lowest BCUT2D eigenvalue weighted by molar-refractivity contribution is 0.626. The Morgan fingerprint density at radius 3 is 2.38 bits per heavy atom. The van der Waals surface area contributed by atoms with Crippen LogP contribution in [0.3, 0.4) is 0 Å². The molecule has 0 radical (unpaired) electrons. The van der Waals surface area contributed by atoms with E-state index in [4.69, 9.17) is 11.6 Å². The molecule has 3 aromatic rings. The maximum Gasteiger partial charge on any atom is 0.159 e. The molecule has 21 heavy (non-hydrogen) atoms. The maximum atomic E-state index is 13.0. The second kappa shape index (κ2) is 5.66. The predicted octanol–water partition coefficient (Wildman–Crippen LogP) is 4.60. The van der Waals surface area contributed by atoms with Crippen molar-refractivity contribution in [2.24, 2.45) is 0 Å². The highest BCUT2D eigenvalue weighted by Gasteiger charge is 2.11. The molecule has 0 aliphatic carbocycles. The minimum Gasteiger partial charge on any atom is -0.362 e. The fraction of sp³-hybridized carbons (Fsp3) is 0.125. The molecule has 0 aliphatic heterocycles. The first-order valence-electron chi connectivity index (χ1n) is 6.58. The molecule has 0 spiro atoms. The monoisotopic (exact) mass is 301 g/mol. The number of anilines is 1. The molecule has 0 saturated carbocycles. The summed E-state index contributed by atoms with van der Waals surface area (Å²) in [5.41, 5.74) is 0.970. The van der Waals surface area contributed by atoms with Gasteiger partial charge in [-0.3, -0.25) is 0 Å². The smallest absolute Gasteiger partial charge is 0.159 e. The Morgan fingerprint density at radius 1 is 1.00 bits per heavy atom. The van der Waals surface area contributed by atoms with Crippen LogP contribution in [0.25, 0.3) is 10.8 Å². The van der Waals surface area contributed by atoms with Crippen LogP contribution in [0.1, 0.15) is 18.5 Å². The first-order valence-corrected chi connectivity index (χ1v) is 6.96. The largest absolute Gasteiger partial charge is 0.362 e. The second-order valence-electron chi connectivity index (χ2n) is 4.80. The molecule has 0 unspecified atom stereocenters. The van der Waals surface area contributed by atoms with Crippen LogP contribution in [-0.2, 0) is 0 Å². The minimum absolute atomic E-state index is 0.0236. The molecule has 0 bridgehead atoms. The van der Waals surface area contributed by atoms with Gasteiger partial charge in [0.1, 0.15) is 5.82 Å². The zero-order chi connectivity index (χ0) is 14.8. The van der Waals surface area contributed by atoms with Gasteiger partial charge in [0.2, 0.25) is 0 Å². The van der Waals surface area contributed by atoms with Gasteiger partial charge in [-0.1, -0.05) is 48.0 Å². The molecular weight excluding hydrogens is 289 g/mol. The number of hydrogen-bond acceptors (Lipinski definition) is 3. The Balaban J connectivity index is 1.95. The summed E-state index contributed by atoms with van der Waals surface area (Å²) < 4.78 is 13.0. The molecule has 0 saturated heterocycles. The van der Waals surface area contributed by atoms with Gasteiger partial charge in [-0.15, -0.1) is 10.2 Å². The highest BCUT2D eigenvalue weighted by molar-refractivity contribution is 6.34. The van der Waals surface area contributed by atoms with Crippen LogP contribution in [0, 0.1) is 5.82 Å². The lowest BCUT2D eigenvalue weighted by atomic mass is 10.1. The summed E-state index contributed by atoms with van der Waals surface area (Å²) in [5, 5.41) is 13.5. The van der Waals surface area contributed by atoms with Gasteiger partial charge in [0.25, 0.3) is 0 Å². The third-order valence-electron chi connectivity index (χ3n) is 3.37. The van der Waals surface area contributed by atoms with Gasteiger partial charge >= 0.3 is 0 Å². The van der Waals surface area contributed by atoms with Crippen molar-refractivity contribution in [1.82, 2.24) is 10.2 Å². The van der Waals surface area contributed by atoms with Gasteiger partial charge in [0.05, 0.1) is 6.04 Å². The Morgan fingerprint density at radius 2 is 1.67 bits per heavy atom. The van der Waals surface area contributed by atoms with Crippen LogP contribution in [0.4, 0.5) is 10.2 Å². The Hall–Kier alpha value is -2.20. The quantitative estimate of drug-likeness (QED) is 0.768. The van der Waals surface area contributed by atoms with Crippen LogP contribution < -0.4 is 5.32 Å². The molecule has 1 heterocycles. The lowest BCUT2D eigenvalue weighted by Crippen LogP contribution is -2.09. The van der Waals surface area contributed by atoms with E-state index < -0.39 is 0 Å². The van der Waals surface area contributed by atoms with Crippen molar-refractivity contribution >= 4 is 28.2 Å². The molecule has 1 aromatic heterocycles. The highest BCUT2D eigenvalue weighted by atomic mass is 35.5. The first kappa shape index (κ1) is 13.8. The zero-order valence-corrected chi connectivity index (χ0v) is 12.1. The standard InChI is InChI=1S/C16H13ClFN3/c1-10(11-6-8-12(18)9-7-11)19-16-14-5-3-2-4-13(14)15(17)20-21-16/h2-10H,1H3,(H,19,21)/t10-/m0/s1. The summed E-state index contributed by atoms with van der Waals surface area (Å²) in [6, 6.07) is 14.0. The minimum atomic E-state index is -0.248. The summed E-state index contributed by atoms with van der Waals surface area (Å²) in [7, 11) is 0. The fourth-order valence-corrected chi connectivity index (χ4v) is 2.42. The van der Waals surface area contributed by atoms with E-state index in [9.17, 15) is 4.39 Å². The third-order valence-corrected chi connectivity index (χ3v) is 3.64. The Labute approximate surface area is 126 Å². The number of nitrogens with one attached hydrogen (secondary N) is 1. The van der Waals surface area contributed by atoms with Gasteiger partial charge in [0, 0.05) is 10.8 Å². The molecule has 0 fully saturated rings. The molecule has 5 heteroatoms. The van der Waals surface area contributed by atoms with Crippen molar-refractivity contribution in [3.05, 3.63) is 65.1 Å². The fourth-order valence-electron chi connectivity index (χ4n) is 2.22. The van der Waals surface area contributed by atoms with E-state index in [1.807, 2.05) is 31.2 Å². The summed E-state index contributed by atoms with van der Waals surface area (Å²) in [6.45, 7) is 1.98. The second-order valence-corrected chi connectivity index (χ2v) is 5.16. The maximum absolute atomic E-state index is 13.0. The van der Waals surface area contributed by atoms with Crippen molar-refractivity contribution in [1.29, 1.82) is 0 Å². The van der Waals surface area contributed by atoms with Crippen LogP contribution in [0.2, 0.25) is 5.15 Å². The Kier molecular flexibility index (Phi) is 3.71. The van der Waals surface area contributed by atoms with Crippen molar-refractivity contribution in [2.75, 3.05) is 5.32 Å². The van der Waals surface area contributed by atoms with E-state index in [-0.39, 0.29) is 11.9 Å².